The van der Waals surface area contributed by atoms with Crippen LogP contribution in [-0.4, -0.2) is 51.5 Å². The second-order valence-corrected chi connectivity index (χ2v) is 10.2. The molecular weight excluding hydrogens is 448 g/mol. The van der Waals surface area contributed by atoms with E-state index in [1.54, 1.807) is 0 Å². The third-order valence-corrected chi connectivity index (χ3v) is 7.77. The van der Waals surface area contributed by atoms with Gasteiger partial charge in [0.1, 0.15) is 12.1 Å². The monoisotopic (exact) mass is 468 g/mol. The molecule has 1 aromatic carbocycles. The summed E-state index contributed by atoms with van der Waals surface area (Å²) in [6.07, 6.45) is 1.44. The van der Waals surface area contributed by atoms with Crippen LogP contribution in [0.15, 0.2) is 36.0 Å². The van der Waals surface area contributed by atoms with Gasteiger partial charge in [-0.25, -0.2) is 9.97 Å². The second-order valence-electron chi connectivity index (χ2n) is 7.37. The van der Waals surface area contributed by atoms with Crippen LogP contribution in [0.25, 0.3) is 10.2 Å². The number of thiophene rings is 1. The molecule has 2 heterocycles. The van der Waals surface area contributed by atoms with Gasteiger partial charge in [-0.15, -0.1) is 11.3 Å². The molecule has 3 atom stereocenters. The minimum absolute atomic E-state index is 0.0676. The number of anilines is 1. The van der Waals surface area contributed by atoms with Gasteiger partial charge in [-0.3, -0.25) is 4.55 Å². The Morgan fingerprint density at radius 1 is 1.27 bits per heavy atom. The topological polar surface area (TPSA) is 116 Å². The van der Waals surface area contributed by atoms with Crippen molar-refractivity contribution in [3.8, 4) is 0 Å². The molecule has 0 spiro atoms. The first-order chi connectivity index (χ1) is 14.2. The van der Waals surface area contributed by atoms with Gasteiger partial charge in [0.25, 0.3) is 0 Å². The number of hydrogen-bond donors (Lipinski definition) is 3. The molecule has 0 bridgehead atoms. The normalized spacial score (nSPS) is 22.1. The van der Waals surface area contributed by atoms with Crippen LogP contribution in [0.4, 0.5) is 5.82 Å². The van der Waals surface area contributed by atoms with Crippen LogP contribution in [0.5, 0.6) is 0 Å². The van der Waals surface area contributed by atoms with Crippen molar-refractivity contribution in [2.45, 2.75) is 37.5 Å². The summed E-state index contributed by atoms with van der Waals surface area (Å²) in [7, 11) is -3.09. The molecule has 0 aliphatic heterocycles. The number of hydrogen-bond acceptors (Lipinski definition) is 7. The number of nitrogens with one attached hydrogen (secondary N) is 1. The number of benzene rings is 1. The maximum Gasteiger partial charge on any atom is 0.335 e. The van der Waals surface area contributed by atoms with Crippen LogP contribution >= 0.6 is 22.9 Å². The van der Waals surface area contributed by atoms with Crippen molar-refractivity contribution in [3.05, 3.63) is 52.1 Å². The minimum atomic E-state index is -4.37. The fourth-order valence-corrected chi connectivity index (χ4v) is 5.64. The van der Waals surface area contributed by atoms with E-state index in [1.165, 1.54) is 24.7 Å². The van der Waals surface area contributed by atoms with E-state index in [0.717, 1.165) is 31.5 Å². The number of likely N-dealkylation sites (N-methyl/N-ethyl adjacent to an activating group) is 1. The number of aliphatic hydroxyl groups is 1. The van der Waals surface area contributed by atoms with Gasteiger partial charge in [0.15, 0.2) is 0 Å². The Bertz CT molecular complexity index is 1150. The highest BCUT2D eigenvalue weighted by molar-refractivity contribution is 7.83. The average Bonchev–Trinajstić information content (AvgIpc) is 3.30. The largest absolute Gasteiger partial charge is 0.391 e. The van der Waals surface area contributed by atoms with Crippen molar-refractivity contribution in [1.82, 2.24) is 14.3 Å². The lowest BCUT2D eigenvalue weighted by Gasteiger charge is -2.23. The summed E-state index contributed by atoms with van der Waals surface area (Å²) >= 11 is 7.44. The Morgan fingerprint density at radius 3 is 2.70 bits per heavy atom. The van der Waals surface area contributed by atoms with Crippen LogP contribution < -0.4 is 5.32 Å². The van der Waals surface area contributed by atoms with Gasteiger partial charge < -0.3 is 10.4 Å². The second kappa shape index (κ2) is 8.37. The zero-order chi connectivity index (χ0) is 21.5. The molecule has 4 rings (SSSR count). The first-order valence-electron chi connectivity index (χ1n) is 9.33. The quantitative estimate of drug-likeness (QED) is 0.475. The number of aliphatic hydroxyl groups excluding tert-OH is 1. The Hall–Kier alpha value is -1.82. The summed E-state index contributed by atoms with van der Waals surface area (Å²) in [6, 6.07) is 6.88. The first-order valence-corrected chi connectivity index (χ1v) is 12.0. The van der Waals surface area contributed by atoms with Crippen molar-refractivity contribution in [1.29, 1.82) is 0 Å². The van der Waals surface area contributed by atoms with Gasteiger partial charge in [-0.05, 0) is 47.4 Å². The van der Waals surface area contributed by atoms with E-state index >= 15 is 0 Å². The number of rotatable bonds is 6. The lowest BCUT2D eigenvalue weighted by Crippen LogP contribution is -2.41. The number of aromatic nitrogens is 2. The van der Waals surface area contributed by atoms with E-state index in [2.05, 4.69) is 15.3 Å². The van der Waals surface area contributed by atoms with E-state index in [0.29, 0.717) is 24.4 Å². The van der Waals surface area contributed by atoms with E-state index in [-0.39, 0.29) is 5.92 Å². The van der Waals surface area contributed by atoms with Crippen molar-refractivity contribution < 1.29 is 18.1 Å². The molecule has 2 aromatic heterocycles. The van der Waals surface area contributed by atoms with Crippen molar-refractivity contribution in [2.75, 3.05) is 12.4 Å². The lowest BCUT2D eigenvalue weighted by atomic mass is 9.99. The van der Waals surface area contributed by atoms with Crippen LogP contribution in [0.1, 0.15) is 29.9 Å². The standard InChI is InChI=1S/C19H21ClN4O4S2/c1-24(30(26,27)28)15-6-12(7-16(15)25)14-9-29-18-17(14)22-10-23-19(18)21-8-11-2-4-13(20)5-3-11/h2-5,9-10,12,15-16,25H,6-8H2,1H3,(H,21,22,23)(H,26,27,28). The maximum absolute atomic E-state index is 11.5. The summed E-state index contributed by atoms with van der Waals surface area (Å²) < 4.78 is 34.0. The predicted molar refractivity (Wildman–Crippen MR) is 117 cm³/mol. The van der Waals surface area contributed by atoms with Gasteiger partial charge in [0.2, 0.25) is 0 Å². The molecule has 3 N–H and O–H groups in total. The Balaban J connectivity index is 1.55. The summed E-state index contributed by atoms with van der Waals surface area (Å²) in [6.45, 7) is 0.583. The van der Waals surface area contributed by atoms with Crippen molar-refractivity contribution >= 4 is 49.3 Å². The molecule has 11 heteroatoms. The lowest BCUT2D eigenvalue weighted by molar-refractivity contribution is 0.118. The highest BCUT2D eigenvalue weighted by Gasteiger charge is 2.40. The molecule has 1 saturated carbocycles. The third kappa shape index (κ3) is 4.29. The molecule has 30 heavy (non-hydrogen) atoms. The molecule has 8 nitrogen and oxygen atoms in total. The zero-order valence-electron chi connectivity index (χ0n) is 16.1. The van der Waals surface area contributed by atoms with Crippen molar-refractivity contribution in [2.24, 2.45) is 0 Å². The zero-order valence-corrected chi connectivity index (χ0v) is 18.5. The molecule has 3 unspecified atom stereocenters. The molecule has 1 aliphatic carbocycles. The van der Waals surface area contributed by atoms with E-state index < -0.39 is 22.4 Å². The van der Waals surface area contributed by atoms with Gasteiger partial charge in [0.05, 0.1) is 22.4 Å². The van der Waals surface area contributed by atoms with Gasteiger partial charge >= 0.3 is 10.3 Å². The van der Waals surface area contributed by atoms with Gasteiger partial charge in [-0.1, -0.05) is 23.7 Å². The Morgan fingerprint density at radius 2 is 2.00 bits per heavy atom. The first kappa shape index (κ1) is 21.4. The third-order valence-electron chi connectivity index (χ3n) is 5.52. The molecule has 0 amide bonds. The van der Waals surface area contributed by atoms with Crippen LogP contribution in [0.2, 0.25) is 5.02 Å². The fourth-order valence-electron chi connectivity index (χ4n) is 3.88. The molecule has 1 fully saturated rings. The molecule has 160 valence electrons. The SMILES string of the molecule is CN(C1CC(c2csc3c(NCc4ccc(Cl)cc4)ncnc23)CC1O)S(=O)(=O)O. The Labute approximate surface area is 183 Å². The summed E-state index contributed by atoms with van der Waals surface area (Å²) in [5, 5.41) is 16.4. The number of halogens is 1. The number of fused-ring (bicyclic) bond motifs is 1. The van der Waals surface area contributed by atoms with E-state index in [4.69, 9.17) is 11.6 Å². The average molecular weight is 469 g/mol. The Kier molecular flexibility index (Phi) is 5.97. The van der Waals surface area contributed by atoms with Crippen molar-refractivity contribution in [3.63, 3.8) is 0 Å². The molecule has 0 radical (unpaired) electrons. The minimum Gasteiger partial charge on any atom is -0.391 e. The molecule has 0 saturated heterocycles. The van der Waals surface area contributed by atoms with E-state index in [1.807, 2.05) is 29.6 Å². The highest BCUT2D eigenvalue weighted by Crippen LogP contribution is 2.42. The molecule has 1 aliphatic rings. The summed E-state index contributed by atoms with van der Waals surface area (Å²) in [5.41, 5.74) is 2.82. The van der Waals surface area contributed by atoms with E-state index in [9.17, 15) is 18.1 Å². The summed E-state index contributed by atoms with van der Waals surface area (Å²) in [4.78, 5) is 8.80. The van der Waals surface area contributed by atoms with Crippen LogP contribution in [0, 0.1) is 0 Å². The van der Waals surface area contributed by atoms with Crippen LogP contribution in [0.3, 0.4) is 0 Å². The maximum atomic E-state index is 11.5. The molecule has 3 aromatic rings. The summed E-state index contributed by atoms with van der Waals surface area (Å²) in [5.74, 6) is 0.651. The smallest absolute Gasteiger partial charge is 0.335 e. The van der Waals surface area contributed by atoms with Gasteiger partial charge in [0, 0.05) is 18.6 Å². The predicted octanol–water partition coefficient (Wildman–Crippen LogP) is 3.30. The fraction of sp³-hybridized carbons (Fsp3) is 0.368. The molecular formula is C19H21ClN4O4S2. The highest BCUT2D eigenvalue weighted by atomic mass is 35.5. The van der Waals surface area contributed by atoms with Gasteiger partial charge in [-0.2, -0.15) is 12.7 Å². The van der Waals surface area contributed by atoms with Crippen LogP contribution in [-0.2, 0) is 16.8 Å². The number of nitrogens with zero attached hydrogens (tertiary/aromatic N) is 3.